The third kappa shape index (κ3) is 3.20. The Labute approximate surface area is 117 Å². The topological polar surface area (TPSA) is 42.4 Å². The molecule has 0 saturated heterocycles. The number of nitrogens with zero attached hydrogens (tertiary/aromatic N) is 1. The maximum Gasteiger partial charge on any atom is 0.387 e. The molecule has 0 radical (unpaired) electrons. The first-order chi connectivity index (χ1) is 9.01. The minimum absolute atomic E-state index is 0.0117. The molecule has 2 rings (SSSR count). The van der Waals surface area contributed by atoms with Crippen LogP contribution in [0.15, 0.2) is 18.2 Å². The maximum absolute atomic E-state index is 12.4. The van der Waals surface area contributed by atoms with E-state index in [1.54, 1.807) is 6.92 Å². The Morgan fingerprint density at radius 3 is 2.79 bits per heavy atom. The summed E-state index contributed by atoms with van der Waals surface area (Å²) in [5.41, 5.74) is 1.05. The van der Waals surface area contributed by atoms with E-state index in [1.807, 2.05) is 0 Å². The van der Waals surface area contributed by atoms with Crippen LogP contribution in [0.25, 0.3) is 10.6 Å². The Balaban J connectivity index is 2.49. The SMILES string of the molecule is Cc1nc(-c2cc(Cl)ccc2OC(F)F)sc1CO. The first-order valence-electron chi connectivity index (χ1n) is 5.33. The van der Waals surface area contributed by atoms with Gasteiger partial charge in [-0.2, -0.15) is 8.78 Å². The highest BCUT2D eigenvalue weighted by molar-refractivity contribution is 7.15. The molecule has 0 aliphatic carbocycles. The standard InChI is InChI=1S/C12H10ClF2NO2S/c1-6-10(5-17)19-11(16-6)8-4-7(13)2-3-9(8)18-12(14)15/h2-4,12,17H,5H2,1H3. The summed E-state index contributed by atoms with van der Waals surface area (Å²) < 4.78 is 29.2. The van der Waals surface area contributed by atoms with E-state index < -0.39 is 6.61 Å². The number of aliphatic hydroxyl groups excluding tert-OH is 1. The molecule has 1 aromatic heterocycles. The van der Waals surface area contributed by atoms with Crippen molar-refractivity contribution >= 4 is 22.9 Å². The van der Waals surface area contributed by atoms with Gasteiger partial charge in [-0.05, 0) is 25.1 Å². The lowest BCUT2D eigenvalue weighted by molar-refractivity contribution is -0.0494. The van der Waals surface area contributed by atoms with E-state index in [0.29, 0.717) is 26.2 Å². The molecule has 1 aromatic carbocycles. The Kier molecular flexibility index (Phi) is 4.34. The molecule has 0 atom stereocenters. The minimum atomic E-state index is -2.92. The number of hydrogen-bond acceptors (Lipinski definition) is 4. The smallest absolute Gasteiger partial charge is 0.387 e. The number of benzene rings is 1. The van der Waals surface area contributed by atoms with Crippen LogP contribution in [0.4, 0.5) is 8.78 Å². The number of aliphatic hydroxyl groups is 1. The summed E-state index contributed by atoms with van der Waals surface area (Å²) in [5, 5.41) is 10.0. The first kappa shape index (κ1) is 14.2. The van der Waals surface area contributed by atoms with Gasteiger partial charge in [-0.25, -0.2) is 4.98 Å². The van der Waals surface area contributed by atoms with Crippen LogP contribution in [0.5, 0.6) is 5.75 Å². The van der Waals surface area contributed by atoms with Gasteiger partial charge in [0, 0.05) is 5.02 Å². The van der Waals surface area contributed by atoms with Crippen LogP contribution in [-0.4, -0.2) is 16.7 Å². The summed E-state index contributed by atoms with van der Waals surface area (Å²) in [5.74, 6) is 0.0117. The van der Waals surface area contributed by atoms with Crippen molar-refractivity contribution in [2.45, 2.75) is 20.1 Å². The van der Waals surface area contributed by atoms with E-state index in [0.717, 1.165) is 0 Å². The minimum Gasteiger partial charge on any atom is -0.434 e. The second-order valence-electron chi connectivity index (χ2n) is 3.70. The van der Waals surface area contributed by atoms with Crippen LogP contribution < -0.4 is 4.74 Å². The predicted octanol–water partition coefficient (Wildman–Crippen LogP) is 3.87. The summed E-state index contributed by atoms with van der Waals surface area (Å²) in [6.45, 7) is -1.32. The predicted molar refractivity (Wildman–Crippen MR) is 69.9 cm³/mol. The second-order valence-corrected chi connectivity index (χ2v) is 5.22. The molecule has 1 heterocycles. The molecule has 0 aliphatic heterocycles. The zero-order valence-corrected chi connectivity index (χ0v) is 11.4. The highest BCUT2D eigenvalue weighted by Crippen LogP contribution is 2.37. The Morgan fingerprint density at radius 2 is 2.21 bits per heavy atom. The van der Waals surface area contributed by atoms with Crippen molar-refractivity contribution in [3.05, 3.63) is 33.8 Å². The van der Waals surface area contributed by atoms with Gasteiger partial charge < -0.3 is 9.84 Å². The van der Waals surface area contributed by atoms with Crippen LogP contribution in [-0.2, 0) is 6.61 Å². The van der Waals surface area contributed by atoms with Crippen LogP contribution >= 0.6 is 22.9 Å². The average Bonchev–Trinajstić information content (AvgIpc) is 2.72. The lowest BCUT2D eigenvalue weighted by atomic mass is 10.2. The normalized spacial score (nSPS) is 11.1. The average molecular weight is 306 g/mol. The number of hydrogen-bond donors (Lipinski definition) is 1. The monoisotopic (exact) mass is 305 g/mol. The maximum atomic E-state index is 12.4. The molecule has 0 bridgehead atoms. The number of aromatic nitrogens is 1. The summed E-state index contributed by atoms with van der Waals surface area (Å²) in [6.07, 6.45) is 0. The highest BCUT2D eigenvalue weighted by Gasteiger charge is 2.16. The van der Waals surface area contributed by atoms with Crippen molar-refractivity contribution in [2.75, 3.05) is 0 Å². The van der Waals surface area contributed by atoms with Crippen LogP contribution in [0, 0.1) is 6.92 Å². The molecule has 3 nitrogen and oxygen atoms in total. The molecule has 1 N–H and O–H groups in total. The highest BCUT2D eigenvalue weighted by atomic mass is 35.5. The fourth-order valence-electron chi connectivity index (χ4n) is 1.56. The fourth-order valence-corrected chi connectivity index (χ4v) is 2.67. The third-order valence-corrected chi connectivity index (χ3v) is 3.83. The largest absolute Gasteiger partial charge is 0.434 e. The third-order valence-electron chi connectivity index (χ3n) is 2.42. The number of aryl methyl sites for hydroxylation is 1. The van der Waals surface area contributed by atoms with Gasteiger partial charge in [0.15, 0.2) is 0 Å². The number of rotatable bonds is 4. The Hall–Kier alpha value is -1.24. The van der Waals surface area contributed by atoms with Crippen molar-refractivity contribution in [1.82, 2.24) is 4.98 Å². The van der Waals surface area contributed by atoms with E-state index in [9.17, 15) is 8.78 Å². The van der Waals surface area contributed by atoms with E-state index in [-0.39, 0.29) is 12.4 Å². The lowest BCUT2D eigenvalue weighted by Crippen LogP contribution is -2.03. The van der Waals surface area contributed by atoms with Crippen LogP contribution in [0.3, 0.4) is 0 Å². The van der Waals surface area contributed by atoms with E-state index in [4.69, 9.17) is 16.7 Å². The molecule has 102 valence electrons. The quantitative estimate of drug-likeness (QED) is 0.932. The van der Waals surface area contributed by atoms with Gasteiger partial charge in [-0.15, -0.1) is 11.3 Å². The van der Waals surface area contributed by atoms with Gasteiger partial charge in [0.25, 0.3) is 0 Å². The van der Waals surface area contributed by atoms with E-state index in [1.165, 1.54) is 29.5 Å². The van der Waals surface area contributed by atoms with Crippen LogP contribution in [0.2, 0.25) is 5.02 Å². The first-order valence-corrected chi connectivity index (χ1v) is 6.52. The van der Waals surface area contributed by atoms with Gasteiger partial charge in [0.05, 0.1) is 22.7 Å². The number of thiazole rings is 1. The summed E-state index contributed by atoms with van der Waals surface area (Å²) in [4.78, 5) is 4.91. The van der Waals surface area contributed by atoms with Crippen LogP contribution in [0.1, 0.15) is 10.6 Å². The molecule has 2 aromatic rings. The van der Waals surface area contributed by atoms with Gasteiger partial charge >= 0.3 is 6.61 Å². The molecule has 7 heteroatoms. The molecule has 0 aliphatic rings. The molecule has 0 unspecified atom stereocenters. The van der Waals surface area contributed by atoms with Crippen molar-refractivity contribution in [1.29, 1.82) is 0 Å². The van der Waals surface area contributed by atoms with Gasteiger partial charge in [0.1, 0.15) is 10.8 Å². The molecular formula is C12H10ClF2NO2S. The van der Waals surface area contributed by atoms with E-state index >= 15 is 0 Å². The molecule has 0 spiro atoms. The van der Waals surface area contributed by atoms with Crippen molar-refractivity contribution in [2.24, 2.45) is 0 Å². The Bertz CT molecular complexity index is 589. The molecular weight excluding hydrogens is 296 g/mol. The van der Waals surface area contributed by atoms with Crippen molar-refractivity contribution in [3.8, 4) is 16.3 Å². The molecule has 0 saturated carbocycles. The second kappa shape index (κ2) is 5.81. The number of alkyl halides is 2. The summed E-state index contributed by atoms with van der Waals surface area (Å²) in [7, 11) is 0. The summed E-state index contributed by atoms with van der Waals surface area (Å²) >= 11 is 7.09. The zero-order valence-electron chi connectivity index (χ0n) is 9.86. The molecule has 0 fully saturated rings. The lowest BCUT2D eigenvalue weighted by Gasteiger charge is -2.09. The summed E-state index contributed by atoms with van der Waals surface area (Å²) in [6, 6.07) is 4.36. The zero-order chi connectivity index (χ0) is 14.0. The molecule has 0 amide bonds. The van der Waals surface area contributed by atoms with Crippen molar-refractivity contribution < 1.29 is 18.6 Å². The van der Waals surface area contributed by atoms with Gasteiger partial charge in [-0.3, -0.25) is 0 Å². The number of ether oxygens (including phenoxy) is 1. The van der Waals surface area contributed by atoms with Crippen molar-refractivity contribution in [3.63, 3.8) is 0 Å². The fraction of sp³-hybridized carbons (Fsp3) is 0.250. The van der Waals surface area contributed by atoms with Gasteiger partial charge in [0.2, 0.25) is 0 Å². The van der Waals surface area contributed by atoms with E-state index in [2.05, 4.69) is 9.72 Å². The van der Waals surface area contributed by atoms with Gasteiger partial charge in [-0.1, -0.05) is 11.6 Å². The number of halogens is 3. The molecule has 19 heavy (non-hydrogen) atoms. The Morgan fingerprint density at radius 1 is 1.47 bits per heavy atom.